The molecule has 0 aliphatic carbocycles. The third-order valence-electron chi connectivity index (χ3n) is 1.69. The molecule has 0 fully saturated rings. The van der Waals surface area contributed by atoms with E-state index in [1.807, 2.05) is 20.2 Å². The average molecular weight is 229 g/mol. The van der Waals surface area contributed by atoms with E-state index in [4.69, 9.17) is 5.73 Å². The van der Waals surface area contributed by atoms with Crippen molar-refractivity contribution in [1.82, 2.24) is 0 Å². The number of hydrogen-bond donors (Lipinski definition) is 1. The Morgan fingerprint density at radius 3 is 2.50 bits per heavy atom. The molecule has 0 heterocycles. The van der Waals surface area contributed by atoms with E-state index in [0.717, 1.165) is 10.0 Å². The Kier molecular flexibility index (Phi) is 3.12. The lowest BCUT2D eigenvalue weighted by molar-refractivity contribution is 1.05. The lowest BCUT2D eigenvalue weighted by atomic mass is 10.2. The largest absolute Gasteiger partial charge is 0.378 e. The average Bonchev–Trinajstić information content (AvgIpc) is 2.03. The molecular formula is C9H13BrN2. The van der Waals surface area contributed by atoms with E-state index < -0.39 is 0 Å². The quantitative estimate of drug-likeness (QED) is 0.840. The van der Waals surface area contributed by atoms with Crippen LogP contribution in [0.4, 0.5) is 5.69 Å². The Balaban J connectivity index is 3.06. The maximum absolute atomic E-state index is 5.55. The first-order chi connectivity index (χ1) is 5.63. The summed E-state index contributed by atoms with van der Waals surface area (Å²) in [5, 5.41) is 0. The van der Waals surface area contributed by atoms with Gasteiger partial charge >= 0.3 is 0 Å². The maximum atomic E-state index is 5.55. The van der Waals surface area contributed by atoms with Crippen molar-refractivity contribution in [3.8, 4) is 0 Å². The number of hydrogen-bond acceptors (Lipinski definition) is 2. The van der Waals surface area contributed by atoms with Crippen molar-refractivity contribution in [2.75, 3.05) is 19.0 Å². The van der Waals surface area contributed by atoms with Crippen molar-refractivity contribution in [2.24, 2.45) is 5.73 Å². The molecule has 0 amide bonds. The van der Waals surface area contributed by atoms with E-state index in [1.165, 1.54) is 5.69 Å². The van der Waals surface area contributed by atoms with Gasteiger partial charge in [-0.3, -0.25) is 0 Å². The minimum atomic E-state index is 0.584. The predicted octanol–water partition coefficient (Wildman–Crippen LogP) is 1.97. The molecule has 0 aliphatic heterocycles. The molecule has 3 heteroatoms. The molecule has 12 heavy (non-hydrogen) atoms. The van der Waals surface area contributed by atoms with Gasteiger partial charge in [0, 0.05) is 30.8 Å². The van der Waals surface area contributed by atoms with E-state index in [-0.39, 0.29) is 0 Å². The Morgan fingerprint density at radius 1 is 1.33 bits per heavy atom. The fourth-order valence-corrected chi connectivity index (χ4v) is 1.54. The number of halogens is 1. The van der Waals surface area contributed by atoms with Crippen LogP contribution >= 0.6 is 15.9 Å². The molecule has 0 saturated carbocycles. The molecule has 1 aromatic rings. The Morgan fingerprint density at radius 2 is 2.00 bits per heavy atom. The van der Waals surface area contributed by atoms with Gasteiger partial charge in [0.25, 0.3) is 0 Å². The Hall–Kier alpha value is -0.540. The van der Waals surface area contributed by atoms with Gasteiger partial charge in [-0.15, -0.1) is 0 Å². The van der Waals surface area contributed by atoms with E-state index in [1.54, 1.807) is 0 Å². The van der Waals surface area contributed by atoms with Gasteiger partial charge < -0.3 is 10.6 Å². The minimum absolute atomic E-state index is 0.584. The van der Waals surface area contributed by atoms with Crippen molar-refractivity contribution >= 4 is 21.6 Å². The summed E-state index contributed by atoms with van der Waals surface area (Å²) in [4.78, 5) is 2.06. The van der Waals surface area contributed by atoms with Gasteiger partial charge in [0.2, 0.25) is 0 Å². The van der Waals surface area contributed by atoms with Crippen molar-refractivity contribution in [3.05, 3.63) is 28.2 Å². The third-order valence-corrected chi connectivity index (χ3v) is 2.15. The van der Waals surface area contributed by atoms with Crippen LogP contribution in [0.1, 0.15) is 5.56 Å². The second-order valence-corrected chi connectivity index (χ2v) is 3.83. The van der Waals surface area contributed by atoms with Crippen molar-refractivity contribution in [3.63, 3.8) is 0 Å². The first kappa shape index (κ1) is 9.55. The normalized spacial score (nSPS) is 10.0. The topological polar surface area (TPSA) is 29.3 Å². The number of rotatable bonds is 2. The van der Waals surface area contributed by atoms with Crippen molar-refractivity contribution in [2.45, 2.75) is 6.54 Å². The number of benzene rings is 1. The van der Waals surface area contributed by atoms with Gasteiger partial charge in [0.15, 0.2) is 0 Å². The zero-order chi connectivity index (χ0) is 9.14. The molecule has 66 valence electrons. The summed E-state index contributed by atoms with van der Waals surface area (Å²) in [7, 11) is 4.03. The molecule has 0 atom stereocenters. The van der Waals surface area contributed by atoms with Crippen LogP contribution in [0.15, 0.2) is 22.7 Å². The van der Waals surface area contributed by atoms with Crippen LogP contribution in [-0.4, -0.2) is 14.1 Å². The molecule has 0 saturated heterocycles. The second-order valence-electron chi connectivity index (χ2n) is 2.92. The molecular weight excluding hydrogens is 216 g/mol. The Labute approximate surface area is 81.5 Å². The van der Waals surface area contributed by atoms with E-state index in [9.17, 15) is 0 Å². The van der Waals surface area contributed by atoms with Crippen LogP contribution in [-0.2, 0) is 6.54 Å². The van der Waals surface area contributed by atoms with Gasteiger partial charge in [-0.1, -0.05) is 15.9 Å². The molecule has 0 radical (unpaired) electrons. The van der Waals surface area contributed by atoms with Crippen molar-refractivity contribution < 1.29 is 0 Å². The second kappa shape index (κ2) is 3.92. The summed E-state index contributed by atoms with van der Waals surface area (Å²) in [6.45, 7) is 0.584. The monoisotopic (exact) mass is 228 g/mol. The standard InChI is InChI=1S/C9H13BrN2/c1-12(2)9-4-7(6-11)3-8(10)5-9/h3-5H,6,11H2,1-2H3. The van der Waals surface area contributed by atoms with E-state index in [2.05, 4.69) is 33.0 Å². The SMILES string of the molecule is CN(C)c1cc(Br)cc(CN)c1. The maximum Gasteiger partial charge on any atom is 0.0375 e. The molecule has 1 rings (SSSR count). The molecule has 0 aromatic heterocycles. The third kappa shape index (κ3) is 2.22. The highest BCUT2D eigenvalue weighted by atomic mass is 79.9. The first-order valence-electron chi connectivity index (χ1n) is 3.80. The summed E-state index contributed by atoms with van der Waals surface area (Å²) in [6, 6.07) is 6.19. The Bertz CT molecular complexity index is 271. The van der Waals surface area contributed by atoms with Crippen LogP contribution in [0.3, 0.4) is 0 Å². The molecule has 0 unspecified atom stereocenters. The van der Waals surface area contributed by atoms with Gasteiger partial charge in [0.05, 0.1) is 0 Å². The predicted molar refractivity (Wildman–Crippen MR) is 56.4 cm³/mol. The fraction of sp³-hybridized carbons (Fsp3) is 0.333. The molecule has 0 bridgehead atoms. The highest BCUT2D eigenvalue weighted by Gasteiger charge is 1.99. The zero-order valence-electron chi connectivity index (χ0n) is 7.34. The lowest BCUT2D eigenvalue weighted by Crippen LogP contribution is -2.09. The van der Waals surface area contributed by atoms with Crippen LogP contribution in [0, 0.1) is 0 Å². The van der Waals surface area contributed by atoms with Gasteiger partial charge in [-0.05, 0) is 23.8 Å². The van der Waals surface area contributed by atoms with Crippen LogP contribution in [0.5, 0.6) is 0 Å². The van der Waals surface area contributed by atoms with Crippen LogP contribution in [0.2, 0.25) is 0 Å². The van der Waals surface area contributed by atoms with E-state index >= 15 is 0 Å². The van der Waals surface area contributed by atoms with Gasteiger partial charge in [0.1, 0.15) is 0 Å². The van der Waals surface area contributed by atoms with Crippen LogP contribution < -0.4 is 10.6 Å². The summed E-state index contributed by atoms with van der Waals surface area (Å²) in [6.07, 6.45) is 0. The minimum Gasteiger partial charge on any atom is -0.378 e. The molecule has 0 spiro atoms. The van der Waals surface area contributed by atoms with Crippen molar-refractivity contribution in [1.29, 1.82) is 0 Å². The molecule has 0 aliphatic rings. The zero-order valence-corrected chi connectivity index (χ0v) is 8.93. The summed E-state index contributed by atoms with van der Waals surface area (Å²) in [5.74, 6) is 0. The lowest BCUT2D eigenvalue weighted by Gasteiger charge is -2.13. The number of anilines is 1. The number of nitrogens with two attached hydrogens (primary N) is 1. The van der Waals surface area contributed by atoms with Gasteiger partial charge in [-0.2, -0.15) is 0 Å². The summed E-state index contributed by atoms with van der Waals surface area (Å²) < 4.78 is 1.08. The molecule has 1 aromatic carbocycles. The van der Waals surface area contributed by atoms with E-state index in [0.29, 0.717) is 6.54 Å². The number of nitrogens with zero attached hydrogens (tertiary/aromatic N) is 1. The highest BCUT2D eigenvalue weighted by molar-refractivity contribution is 9.10. The highest BCUT2D eigenvalue weighted by Crippen LogP contribution is 2.20. The smallest absolute Gasteiger partial charge is 0.0375 e. The molecule has 2 N–H and O–H groups in total. The fourth-order valence-electron chi connectivity index (χ4n) is 1.01. The van der Waals surface area contributed by atoms with Gasteiger partial charge in [-0.25, -0.2) is 0 Å². The summed E-state index contributed by atoms with van der Waals surface area (Å²) >= 11 is 3.44. The van der Waals surface area contributed by atoms with Crippen LogP contribution in [0.25, 0.3) is 0 Å². The molecule has 2 nitrogen and oxygen atoms in total. The first-order valence-corrected chi connectivity index (χ1v) is 4.59. The summed E-state index contributed by atoms with van der Waals surface area (Å²) in [5.41, 5.74) is 7.87.